The van der Waals surface area contributed by atoms with Crippen LogP contribution < -0.4 is 4.18 Å². The van der Waals surface area contributed by atoms with Crippen molar-refractivity contribution in [2.24, 2.45) is 0 Å². The molecule has 0 aliphatic rings. The Morgan fingerprint density at radius 3 is 2.64 bits per heavy atom. The highest BCUT2D eigenvalue weighted by atomic mass is 35.5. The predicted molar refractivity (Wildman–Crippen MR) is 104 cm³/mol. The van der Waals surface area contributed by atoms with E-state index in [0.717, 1.165) is 17.1 Å². The SMILES string of the molecule is Cc1ccc(C)c(S(=O)(=O)Oc2ccccc2C(=O)OCc2nnsc2Cl)c1. The predicted octanol–water partition coefficient (Wildman–Crippen LogP) is 3.93. The molecule has 1 heterocycles. The van der Waals surface area contributed by atoms with E-state index < -0.39 is 16.1 Å². The molecule has 0 radical (unpaired) electrons. The second-order valence-corrected chi connectivity index (χ2v) is 8.74. The van der Waals surface area contributed by atoms with Gasteiger partial charge in [-0.1, -0.05) is 40.4 Å². The molecule has 0 spiro atoms. The van der Waals surface area contributed by atoms with Crippen molar-refractivity contribution in [3.8, 4) is 5.75 Å². The first-order valence-corrected chi connectivity index (χ1v) is 10.6. The maximum atomic E-state index is 12.7. The minimum Gasteiger partial charge on any atom is -0.455 e. The minimum absolute atomic E-state index is 0.0318. The van der Waals surface area contributed by atoms with E-state index >= 15 is 0 Å². The molecule has 0 saturated carbocycles. The standard InChI is InChI=1S/C18H15ClN2O5S2/c1-11-7-8-12(2)16(9-11)28(23,24)26-15-6-4-3-5-13(15)18(22)25-10-14-17(19)27-21-20-14/h3-9H,10H2,1-2H3. The molecule has 28 heavy (non-hydrogen) atoms. The zero-order valence-electron chi connectivity index (χ0n) is 14.9. The summed E-state index contributed by atoms with van der Waals surface area (Å²) in [5.74, 6) is -0.897. The molecule has 7 nitrogen and oxygen atoms in total. The van der Waals surface area contributed by atoms with Gasteiger partial charge in [0, 0.05) is 11.5 Å². The molecule has 3 aromatic rings. The van der Waals surface area contributed by atoms with Crippen LogP contribution in [-0.4, -0.2) is 24.0 Å². The summed E-state index contributed by atoms with van der Waals surface area (Å²) in [4.78, 5) is 12.5. The molecule has 2 aromatic carbocycles. The number of benzene rings is 2. The minimum atomic E-state index is -4.14. The van der Waals surface area contributed by atoms with Crippen LogP contribution in [0.25, 0.3) is 0 Å². The number of hydrogen-bond acceptors (Lipinski definition) is 8. The van der Waals surface area contributed by atoms with Crippen molar-refractivity contribution >= 4 is 39.2 Å². The number of carbonyl (C=O) groups excluding carboxylic acids is 1. The molecule has 3 rings (SSSR count). The Balaban J connectivity index is 1.84. The van der Waals surface area contributed by atoms with Gasteiger partial charge in [0.05, 0.1) is 0 Å². The lowest BCUT2D eigenvalue weighted by Gasteiger charge is -2.12. The van der Waals surface area contributed by atoms with Crippen LogP contribution in [0, 0.1) is 13.8 Å². The van der Waals surface area contributed by atoms with Crippen molar-refractivity contribution in [3.63, 3.8) is 0 Å². The number of carbonyl (C=O) groups is 1. The van der Waals surface area contributed by atoms with Crippen LogP contribution in [0.5, 0.6) is 5.75 Å². The van der Waals surface area contributed by atoms with E-state index in [9.17, 15) is 13.2 Å². The van der Waals surface area contributed by atoms with Crippen LogP contribution in [0.1, 0.15) is 27.2 Å². The summed E-state index contributed by atoms with van der Waals surface area (Å²) < 4.78 is 39.8. The van der Waals surface area contributed by atoms with E-state index in [4.69, 9.17) is 20.5 Å². The van der Waals surface area contributed by atoms with Gasteiger partial charge < -0.3 is 8.92 Å². The molecule has 0 aliphatic heterocycles. The Bertz CT molecular complexity index is 1130. The fraction of sp³-hybridized carbons (Fsp3) is 0.167. The lowest BCUT2D eigenvalue weighted by Crippen LogP contribution is -2.15. The third-order valence-corrected chi connectivity index (χ3v) is 6.13. The first kappa shape index (κ1) is 20.2. The van der Waals surface area contributed by atoms with Crippen molar-refractivity contribution in [2.75, 3.05) is 0 Å². The zero-order chi connectivity index (χ0) is 20.3. The van der Waals surface area contributed by atoms with Gasteiger partial charge in [0.25, 0.3) is 0 Å². The number of hydrogen-bond donors (Lipinski definition) is 0. The Morgan fingerprint density at radius 1 is 1.18 bits per heavy atom. The average Bonchev–Trinajstić information content (AvgIpc) is 3.06. The summed E-state index contributed by atoms with van der Waals surface area (Å²) in [6.07, 6.45) is 0. The zero-order valence-corrected chi connectivity index (χ0v) is 17.3. The molecule has 0 unspecified atom stereocenters. The molecule has 0 saturated heterocycles. The molecule has 146 valence electrons. The quantitative estimate of drug-likeness (QED) is 0.425. The number of esters is 1. The van der Waals surface area contributed by atoms with Gasteiger partial charge in [-0.3, -0.25) is 0 Å². The molecule has 0 aliphatic carbocycles. The first-order chi connectivity index (χ1) is 13.3. The van der Waals surface area contributed by atoms with Crippen molar-refractivity contribution in [1.82, 2.24) is 9.59 Å². The Labute approximate surface area is 171 Å². The van der Waals surface area contributed by atoms with Crippen molar-refractivity contribution in [3.05, 3.63) is 69.2 Å². The second-order valence-electron chi connectivity index (χ2n) is 5.87. The Kier molecular flexibility index (Phi) is 5.97. The molecule has 0 amide bonds. The fourth-order valence-corrected chi connectivity index (χ4v) is 4.21. The van der Waals surface area contributed by atoms with Gasteiger partial charge in [0.15, 0.2) is 5.75 Å². The first-order valence-electron chi connectivity index (χ1n) is 8.02. The fourth-order valence-electron chi connectivity index (χ4n) is 2.34. The lowest BCUT2D eigenvalue weighted by atomic mass is 10.2. The lowest BCUT2D eigenvalue weighted by molar-refractivity contribution is 0.0466. The summed E-state index contributed by atoms with van der Waals surface area (Å²) in [5.41, 5.74) is 1.60. The van der Waals surface area contributed by atoms with E-state index in [-0.39, 0.29) is 22.8 Å². The largest absolute Gasteiger partial charge is 0.455 e. The highest BCUT2D eigenvalue weighted by Gasteiger charge is 2.23. The monoisotopic (exact) mass is 438 g/mol. The van der Waals surface area contributed by atoms with Gasteiger partial charge in [-0.15, -0.1) is 5.10 Å². The number of ether oxygens (including phenoxy) is 1. The van der Waals surface area contributed by atoms with Gasteiger partial charge in [0.2, 0.25) is 0 Å². The maximum Gasteiger partial charge on any atom is 0.342 e. The van der Waals surface area contributed by atoms with E-state index in [1.54, 1.807) is 38.1 Å². The smallest absolute Gasteiger partial charge is 0.342 e. The Hall–Kier alpha value is -2.49. The molecular formula is C18H15ClN2O5S2. The van der Waals surface area contributed by atoms with E-state index in [1.165, 1.54) is 18.2 Å². The normalized spacial score (nSPS) is 11.2. The summed E-state index contributed by atoms with van der Waals surface area (Å²) >= 11 is 6.85. The summed E-state index contributed by atoms with van der Waals surface area (Å²) in [6, 6.07) is 10.9. The summed E-state index contributed by atoms with van der Waals surface area (Å²) in [5, 5.41) is 3.75. The number of rotatable bonds is 6. The molecule has 0 atom stereocenters. The Morgan fingerprint density at radius 2 is 1.93 bits per heavy atom. The van der Waals surface area contributed by atoms with Crippen LogP contribution in [-0.2, 0) is 21.5 Å². The second kappa shape index (κ2) is 8.26. The highest BCUT2D eigenvalue weighted by molar-refractivity contribution is 7.87. The van der Waals surface area contributed by atoms with E-state index in [2.05, 4.69) is 9.59 Å². The van der Waals surface area contributed by atoms with E-state index in [0.29, 0.717) is 15.6 Å². The molecule has 1 aromatic heterocycles. The van der Waals surface area contributed by atoms with E-state index in [1.807, 2.05) is 0 Å². The van der Waals surface area contributed by atoms with Crippen LogP contribution in [0.3, 0.4) is 0 Å². The van der Waals surface area contributed by atoms with Crippen LogP contribution >= 0.6 is 23.1 Å². The van der Waals surface area contributed by atoms with Gasteiger partial charge in [-0.2, -0.15) is 8.42 Å². The number of halogens is 1. The van der Waals surface area contributed by atoms with Gasteiger partial charge in [-0.25, -0.2) is 4.79 Å². The van der Waals surface area contributed by atoms with Crippen LogP contribution in [0.15, 0.2) is 47.4 Å². The number of para-hydroxylation sites is 1. The molecular weight excluding hydrogens is 424 g/mol. The number of nitrogens with zero attached hydrogens (tertiary/aromatic N) is 2. The summed E-state index contributed by atoms with van der Waals surface area (Å²) in [6.45, 7) is 3.26. The average molecular weight is 439 g/mol. The van der Waals surface area contributed by atoms with Gasteiger partial charge >= 0.3 is 16.1 Å². The van der Waals surface area contributed by atoms with Crippen LogP contribution in [0.2, 0.25) is 4.34 Å². The molecule has 0 bridgehead atoms. The van der Waals surface area contributed by atoms with Crippen molar-refractivity contribution in [2.45, 2.75) is 25.3 Å². The number of aromatic nitrogens is 2. The third-order valence-electron chi connectivity index (χ3n) is 3.77. The van der Waals surface area contributed by atoms with Gasteiger partial charge in [0.1, 0.15) is 27.1 Å². The van der Waals surface area contributed by atoms with Crippen molar-refractivity contribution in [1.29, 1.82) is 0 Å². The number of aryl methyl sites for hydroxylation is 2. The van der Waals surface area contributed by atoms with Crippen molar-refractivity contribution < 1.29 is 22.1 Å². The third kappa shape index (κ3) is 4.49. The topological polar surface area (TPSA) is 95.5 Å². The highest BCUT2D eigenvalue weighted by Crippen LogP contribution is 2.26. The summed E-state index contributed by atoms with van der Waals surface area (Å²) in [7, 11) is -4.14. The molecule has 0 N–H and O–H groups in total. The van der Waals surface area contributed by atoms with Gasteiger partial charge in [-0.05, 0) is 43.2 Å². The molecule has 0 fully saturated rings. The molecule has 10 heteroatoms. The maximum absolute atomic E-state index is 12.7. The van der Waals surface area contributed by atoms with Crippen LogP contribution in [0.4, 0.5) is 0 Å².